The van der Waals surface area contributed by atoms with Gasteiger partial charge in [0.05, 0.1) is 32.5 Å². The Hall–Kier alpha value is -1.89. The van der Waals surface area contributed by atoms with E-state index in [1.807, 2.05) is 0 Å². The van der Waals surface area contributed by atoms with Crippen molar-refractivity contribution >= 4 is 11.9 Å². The Morgan fingerprint density at radius 1 is 1.47 bits per heavy atom. The number of aryl methyl sites for hydroxylation is 1. The maximum Gasteiger partial charge on any atom is 0.341 e. The topological polar surface area (TPSA) is 90.7 Å². The van der Waals surface area contributed by atoms with Gasteiger partial charge in [0.2, 0.25) is 0 Å². The maximum absolute atomic E-state index is 11.4. The van der Waals surface area contributed by atoms with E-state index in [0.717, 1.165) is 0 Å². The van der Waals surface area contributed by atoms with Crippen LogP contribution in [0.2, 0.25) is 0 Å². The van der Waals surface area contributed by atoms with Crippen LogP contribution in [0.4, 0.5) is 0 Å². The first-order valence-corrected chi connectivity index (χ1v) is 4.86. The van der Waals surface area contributed by atoms with Gasteiger partial charge in [-0.15, -0.1) is 0 Å². The van der Waals surface area contributed by atoms with Gasteiger partial charge >= 0.3 is 11.9 Å². The Bertz CT molecular complexity index is 426. The van der Waals surface area contributed by atoms with Gasteiger partial charge in [-0.1, -0.05) is 0 Å². The molecule has 17 heavy (non-hydrogen) atoms. The number of aliphatic hydroxyl groups is 1. The van der Waals surface area contributed by atoms with Gasteiger partial charge in [-0.05, 0) is 0 Å². The first kappa shape index (κ1) is 13.2. The number of aliphatic hydroxyl groups excluding tert-OH is 1. The van der Waals surface area contributed by atoms with Gasteiger partial charge in [-0.25, -0.2) is 4.79 Å². The molecular weight excluding hydrogens is 228 g/mol. The average Bonchev–Trinajstić information content (AvgIpc) is 2.69. The molecule has 0 saturated carbocycles. The van der Waals surface area contributed by atoms with Crippen molar-refractivity contribution in [3.8, 4) is 0 Å². The summed E-state index contributed by atoms with van der Waals surface area (Å²) in [5.41, 5.74) is 0.355. The van der Waals surface area contributed by atoms with Crippen molar-refractivity contribution in [1.29, 1.82) is 0 Å². The Balaban J connectivity index is 2.99. The third kappa shape index (κ3) is 2.82. The van der Waals surface area contributed by atoms with E-state index in [0.29, 0.717) is 0 Å². The number of aromatic nitrogens is 2. The highest BCUT2D eigenvalue weighted by Gasteiger charge is 2.24. The standard InChI is InChI=1S/C10H14N2O5/c1-12-9(7(13)4-8(14)16-2)6(5-11-12)10(15)17-3/h5,7,13H,4H2,1-3H3. The van der Waals surface area contributed by atoms with Crippen molar-refractivity contribution in [1.82, 2.24) is 9.78 Å². The van der Waals surface area contributed by atoms with E-state index in [9.17, 15) is 14.7 Å². The number of carbonyl (C=O) groups is 2. The number of methoxy groups -OCH3 is 2. The van der Waals surface area contributed by atoms with Crippen molar-refractivity contribution in [2.45, 2.75) is 12.5 Å². The Morgan fingerprint density at radius 2 is 2.12 bits per heavy atom. The molecule has 7 nitrogen and oxygen atoms in total. The van der Waals surface area contributed by atoms with Crippen molar-refractivity contribution < 1.29 is 24.2 Å². The van der Waals surface area contributed by atoms with Crippen LogP contribution < -0.4 is 0 Å². The summed E-state index contributed by atoms with van der Waals surface area (Å²) in [6.45, 7) is 0. The molecule has 1 heterocycles. The van der Waals surface area contributed by atoms with Crippen LogP contribution in [0.1, 0.15) is 28.6 Å². The van der Waals surface area contributed by atoms with E-state index in [1.165, 1.54) is 25.1 Å². The Morgan fingerprint density at radius 3 is 2.65 bits per heavy atom. The smallest absolute Gasteiger partial charge is 0.341 e. The Kier molecular flexibility index (Phi) is 4.22. The number of ether oxygens (including phenoxy) is 2. The molecule has 0 fully saturated rings. The molecular formula is C10H14N2O5. The van der Waals surface area contributed by atoms with Crippen LogP contribution >= 0.6 is 0 Å². The fourth-order valence-electron chi connectivity index (χ4n) is 1.45. The van der Waals surface area contributed by atoms with Gasteiger partial charge in [0.15, 0.2) is 0 Å². The number of carbonyl (C=O) groups excluding carboxylic acids is 2. The molecule has 0 amide bonds. The van der Waals surface area contributed by atoms with Gasteiger partial charge < -0.3 is 14.6 Å². The predicted octanol–water partition coefficient (Wildman–Crippen LogP) is -0.197. The summed E-state index contributed by atoms with van der Waals surface area (Å²) in [4.78, 5) is 22.5. The third-order valence-corrected chi connectivity index (χ3v) is 2.29. The van der Waals surface area contributed by atoms with Crippen LogP contribution in [0.3, 0.4) is 0 Å². The second kappa shape index (κ2) is 5.44. The van der Waals surface area contributed by atoms with Gasteiger partial charge in [0, 0.05) is 7.05 Å². The lowest BCUT2D eigenvalue weighted by atomic mass is 10.1. The summed E-state index contributed by atoms with van der Waals surface area (Å²) in [6.07, 6.45) is -0.133. The molecule has 1 rings (SSSR count). The predicted molar refractivity (Wildman–Crippen MR) is 56.1 cm³/mol. The fourth-order valence-corrected chi connectivity index (χ4v) is 1.45. The largest absolute Gasteiger partial charge is 0.469 e. The van der Waals surface area contributed by atoms with E-state index in [2.05, 4.69) is 14.6 Å². The molecule has 0 aromatic carbocycles. The highest BCUT2D eigenvalue weighted by molar-refractivity contribution is 5.90. The summed E-state index contributed by atoms with van der Waals surface area (Å²) in [5, 5.41) is 13.7. The van der Waals surface area contributed by atoms with E-state index in [-0.39, 0.29) is 17.7 Å². The lowest BCUT2D eigenvalue weighted by Gasteiger charge is -2.11. The fraction of sp³-hybridized carbons (Fsp3) is 0.500. The van der Waals surface area contributed by atoms with Crippen LogP contribution in [0.25, 0.3) is 0 Å². The highest BCUT2D eigenvalue weighted by Crippen LogP contribution is 2.21. The molecule has 7 heteroatoms. The molecule has 0 radical (unpaired) electrons. The summed E-state index contributed by atoms with van der Waals surface area (Å²) >= 11 is 0. The minimum Gasteiger partial charge on any atom is -0.469 e. The third-order valence-electron chi connectivity index (χ3n) is 2.29. The first-order chi connectivity index (χ1) is 8.01. The SMILES string of the molecule is COC(=O)CC(O)c1c(C(=O)OC)cnn1C. The maximum atomic E-state index is 11.4. The molecule has 1 N–H and O–H groups in total. The molecule has 0 aliphatic rings. The highest BCUT2D eigenvalue weighted by atomic mass is 16.5. The minimum atomic E-state index is -1.16. The van der Waals surface area contributed by atoms with Crippen molar-refractivity contribution in [2.24, 2.45) is 7.05 Å². The van der Waals surface area contributed by atoms with Crippen LogP contribution in [-0.2, 0) is 21.3 Å². The average molecular weight is 242 g/mol. The molecule has 1 atom stereocenters. The zero-order chi connectivity index (χ0) is 13.0. The van der Waals surface area contributed by atoms with Crippen LogP contribution in [0.15, 0.2) is 6.20 Å². The van der Waals surface area contributed by atoms with Gasteiger partial charge in [0.25, 0.3) is 0 Å². The lowest BCUT2D eigenvalue weighted by Crippen LogP contribution is -2.15. The van der Waals surface area contributed by atoms with E-state index in [1.54, 1.807) is 7.05 Å². The lowest BCUT2D eigenvalue weighted by molar-refractivity contribution is -0.143. The van der Waals surface area contributed by atoms with Crippen LogP contribution in [0, 0.1) is 0 Å². The van der Waals surface area contributed by atoms with Crippen LogP contribution in [0.5, 0.6) is 0 Å². The molecule has 1 aromatic heterocycles. The van der Waals surface area contributed by atoms with Crippen molar-refractivity contribution in [3.05, 3.63) is 17.5 Å². The molecule has 1 unspecified atom stereocenters. The number of nitrogens with zero attached hydrogens (tertiary/aromatic N) is 2. The van der Waals surface area contributed by atoms with Crippen molar-refractivity contribution in [3.63, 3.8) is 0 Å². The summed E-state index contributed by atoms with van der Waals surface area (Å²) in [5.74, 6) is -1.19. The van der Waals surface area contributed by atoms with E-state index >= 15 is 0 Å². The quantitative estimate of drug-likeness (QED) is 0.735. The zero-order valence-electron chi connectivity index (χ0n) is 9.84. The van der Waals surface area contributed by atoms with Gasteiger partial charge in [-0.2, -0.15) is 5.10 Å². The van der Waals surface area contributed by atoms with Crippen LogP contribution in [-0.4, -0.2) is 41.0 Å². The van der Waals surface area contributed by atoms with Gasteiger partial charge in [-0.3, -0.25) is 9.48 Å². The van der Waals surface area contributed by atoms with E-state index < -0.39 is 18.0 Å². The monoisotopic (exact) mass is 242 g/mol. The van der Waals surface area contributed by atoms with E-state index in [4.69, 9.17) is 0 Å². The minimum absolute atomic E-state index is 0.131. The number of hydrogen-bond donors (Lipinski definition) is 1. The zero-order valence-corrected chi connectivity index (χ0v) is 9.84. The first-order valence-electron chi connectivity index (χ1n) is 4.86. The molecule has 94 valence electrons. The molecule has 0 aliphatic heterocycles. The summed E-state index contributed by atoms with van der Waals surface area (Å²) in [7, 11) is 4.01. The molecule has 0 spiro atoms. The van der Waals surface area contributed by atoms with Gasteiger partial charge in [0.1, 0.15) is 11.7 Å². The summed E-state index contributed by atoms with van der Waals surface area (Å²) < 4.78 is 10.3. The number of esters is 2. The molecule has 1 aromatic rings. The number of hydrogen-bond acceptors (Lipinski definition) is 6. The van der Waals surface area contributed by atoms with Crippen molar-refractivity contribution in [2.75, 3.05) is 14.2 Å². The molecule has 0 saturated heterocycles. The normalized spacial score (nSPS) is 12.0. The second-order valence-electron chi connectivity index (χ2n) is 3.35. The molecule has 0 aliphatic carbocycles. The number of rotatable bonds is 4. The Labute approximate surface area is 97.9 Å². The summed E-state index contributed by atoms with van der Waals surface area (Å²) in [6, 6.07) is 0. The second-order valence-corrected chi connectivity index (χ2v) is 3.35. The molecule has 0 bridgehead atoms.